The lowest BCUT2D eigenvalue weighted by Gasteiger charge is -2.27. The Kier molecular flexibility index (Phi) is 2.89. The Morgan fingerprint density at radius 3 is 3.09 bits per heavy atom. The van der Waals surface area contributed by atoms with Crippen LogP contribution in [0.3, 0.4) is 0 Å². The molecule has 2 aliphatic rings. The second kappa shape index (κ2) is 4.91. The monoisotopic (exact) mass is 293 g/mol. The van der Waals surface area contributed by atoms with Gasteiger partial charge in [-0.15, -0.1) is 0 Å². The Bertz CT molecular complexity index is 799. The van der Waals surface area contributed by atoms with Crippen LogP contribution in [-0.2, 0) is 11.2 Å². The number of hydrogen-bond acceptors (Lipinski definition) is 5. The number of fused-ring (bicyclic) bond motifs is 2. The number of rotatable bonds is 2. The fourth-order valence-corrected chi connectivity index (χ4v) is 2.79. The molecule has 0 fully saturated rings. The minimum Gasteiger partial charge on any atom is -0.358 e. The molecular formula is C16H15N5O. The fourth-order valence-electron chi connectivity index (χ4n) is 2.79. The zero-order valence-electron chi connectivity index (χ0n) is 12.2. The molecule has 22 heavy (non-hydrogen) atoms. The van der Waals surface area contributed by atoms with E-state index in [-0.39, 0.29) is 12.5 Å². The largest absolute Gasteiger partial charge is 0.358 e. The average molecular weight is 293 g/mol. The maximum atomic E-state index is 12.0. The molecule has 2 aromatic rings. The lowest BCUT2D eigenvalue weighted by Crippen LogP contribution is -2.40. The first-order chi connectivity index (χ1) is 10.8. The SMILES string of the molecule is CCN1C(=O)CNc2ncc(-c3cnc4c(c3)C=CC4)nc21. The highest BCUT2D eigenvalue weighted by Crippen LogP contribution is 2.29. The number of amides is 1. The van der Waals surface area contributed by atoms with Crippen LogP contribution in [0.15, 0.2) is 24.5 Å². The van der Waals surface area contributed by atoms with Gasteiger partial charge in [-0.05, 0) is 18.6 Å². The zero-order valence-corrected chi connectivity index (χ0v) is 12.2. The van der Waals surface area contributed by atoms with E-state index in [1.165, 1.54) is 0 Å². The van der Waals surface area contributed by atoms with Gasteiger partial charge >= 0.3 is 0 Å². The van der Waals surface area contributed by atoms with Crippen molar-refractivity contribution in [1.29, 1.82) is 0 Å². The van der Waals surface area contributed by atoms with E-state index in [0.717, 1.165) is 28.9 Å². The minimum absolute atomic E-state index is 0.0106. The van der Waals surface area contributed by atoms with E-state index in [2.05, 4.69) is 38.5 Å². The number of likely N-dealkylation sites (N-methyl/N-ethyl adjacent to an activating group) is 1. The second-order valence-corrected chi connectivity index (χ2v) is 5.29. The zero-order chi connectivity index (χ0) is 15.1. The number of anilines is 2. The second-order valence-electron chi connectivity index (χ2n) is 5.29. The highest BCUT2D eigenvalue weighted by molar-refractivity contribution is 6.00. The van der Waals surface area contributed by atoms with Crippen LogP contribution in [0.25, 0.3) is 17.3 Å². The van der Waals surface area contributed by atoms with Crippen molar-refractivity contribution in [3.8, 4) is 11.3 Å². The standard InChI is InChI=1S/C16H15N5O/c1-2-21-14(22)9-19-15-16(21)20-13(8-18-15)11-6-10-4-3-5-12(10)17-7-11/h3-4,6-8H,2,5,9H2,1H3,(H,18,19). The van der Waals surface area contributed by atoms with Gasteiger partial charge in [0.2, 0.25) is 5.91 Å². The van der Waals surface area contributed by atoms with E-state index in [4.69, 9.17) is 0 Å². The predicted molar refractivity (Wildman–Crippen MR) is 84.5 cm³/mol. The molecule has 1 N–H and O–H groups in total. The lowest BCUT2D eigenvalue weighted by atomic mass is 10.1. The van der Waals surface area contributed by atoms with Gasteiger partial charge in [0, 0.05) is 24.7 Å². The number of nitrogens with zero attached hydrogens (tertiary/aromatic N) is 4. The molecule has 2 aromatic heterocycles. The average Bonchev–Trinajstić information content (AvgIpc) is 3.01. The molecule has 0 aromatic carbocycles. The molecule has 1 aliphatic carbocycles. The molecule has 0 atom stereocenters. The molecule has 3 heterocycles. The Balaban J connectivity index is 1.79. The summed E-state index contributed by atoms with van der Waals surface area (Å²) in [5.74, 6) is 1.25. The summed E-state index contributed by atoms with van der Waals surface area (Å²) in [7, 11) is 0. The highest BCUT2D eigenvalue weighted by atomic mass is 16.2. The van der Waals surface area contributed by atoms with Crippen LogP contribution in [0, 0.1) is 0 Å². The third-order valence-corrected chi connectivity index (χ3v) is 3.94. The Morgan fingerprint density at radius 1 is 1.32 bits per heavy atom. The third kappa shape index (κ3) is 1.95. The Labute approximate surface area is 127 Å². The van der Waals surface area contributed by atoms with E-state index in [0.29, 0.717) is 18.2 Å². The van der Waals surface area contributed by atoms with Crippen molar-refractivity contribution in [3.05, 3.63) is 35.8 Å². The quantitative estimate of drug-likeness (QED) is 0.915. The summed E-state index contributed by atoms with van der Waals surface area (Å²) in [6, 6.07) is 2.07. The molecule has 1 aliphatic heterocycles. The van der Waals surface area contributed by atoms with E-state index in [1.54, 1.807) is 11.1 Å². The number of carbonyl (C=O) groups is 1. The van der Waals surface area contributed by atoms with Crippen molar-refractivity contribution in [1.82, 2.24) is 15.0 Å². The van der Waals surface area contributed by atoms with Crippen molar-refractivity contribution in [2.24, 2.45) is 0 Å². The van der Waals surface area contributed by atoms with Gasteiger partial charge < -0.3 is 5.32 Å². The molecular weight excluding hydrogens is 278 g/mol. The van der Waals surface area contributed by atoms with Gasteiger partial charge in [0.15, 0.2) is 11.6 Å². The summed E-state index contributed by atoms with van der Waals surface area (Å²) < 4.78 is 0. The maximum Gasteiger partial charge on any atom is 0.247 e. The van der Waals surface area contributed by atoms with Crippen LogP contribution in [0.5, 0.6) is 0 Å². The molecule has 0 unspecified atom stereocenters. The van der Waals surface area contributed by atoms with Crippen molar-refractivity contribution in [2.45, 2.75) is 13.3 Å². The van der Waals surface area contributed by atoms with E-state index < -0.39 is 0 Å². The van der Waals surface area contributed by atoms with Gasteiger partial charge in [-0.1, -0.05) is 12.2 Å². The number of aromatic nitrogens is 3. The summed E-state index contributed by atoms with van der Waals surface area (Å²) in [4.78, 5) is 27.1. The van der Waals surface area contributed by atoms with E-state index >= 15 is 0 Å². The molecule has 4 rings (SSSR count). The third-order valence-electron chi connectivity index (χ3n) is 3.94. The molecule has 0 saturated carbocycles. The summed E-state index contributed by atoms with van der Waals surface area (Å²) in [6.07, 6.45) is 8.59. The van der Waals surface area contributed by atoms with Crippen LogP contribution in [-0.4, -0.2) is 33.9 Å². The van der Waals surface area contributed by atoms with Gasteiger partial charge in [0.25, 0.3) is 0 Å². The van der Waals surface area contributed by atoms with E-state index in [1.807, 2.05) is 13.1 Å². The number of allylic oxidation sites excluding steroid dienone is 1. The Hall–Kier alpha value is -2.76. The molecule has 6 heteroatoms. The van der Waals surface area contributed by atoms with Crippen LogP contribution in [0.4, 0.5) is 11.6 Å². The van der Waals surface area contributed by atoms with Gasteiger partial charge in [-0.3, -0.25) is 14.7 Å². The van der Waals surface area contributed by atoms with E-state index in [9.17, 15) is 4.79 Å². The van der Waals surface area contributed by atoms with Crippen LogP contribution in [0.1, 0.15) is 18.2 Å². The molecule has 0 radical (unpaired) electrons. The first-order valence-corrected chi connectivity index (χ1v) is 7.33. The smallest absolute Gasteiger partial charge is 0.247 e. The van der Waals surface area contributed by atoms with Gasteiger partial charge in [-0.2, -0.15) is 0 Å². The molecule has 110 valence electrons. The van der Waals surface area contributed by atoms with Crippen molar-refractivity contribution in [3.63, 3.8) is 0 Å². The summed E-state index contributed by atoms with van der Waals surface area (Å²) >= 11 is 0. The topological polar surface area (TPSA) is 71.0 Å². The summed E-state index contributed by atoms with van der Waals surface area (Å²) in [6.45, 7) is 2.78. The summed E-state index contributed by atoms with van der Waals surface area (Å²) in [5, 5.41) is 3.01. The summed E-state index contributed by atoms with van der Waals surface area (Å²) in [5.41, 5.74) is 3.85. The van der Waals surface area contributed by atoms with Crippen LogP contribution < -0.4 is 10.2 Å². The van der Waals surface area contributed by atoms with Crippen molar-refractivity contribution >= 4 is 23.6 Å². The number of carbonyl (C=O) groups excluding carboxylic acids is 1. The minimum atomic E-state index is 0.0106. The highest BCUT2D eigenvalue weighted by Gasteiger charge is 2.25. The molecule has 0 bridgehead atoms. The normalized spacial score (nSPS) is 15.5. The van der Waals surface area contributed by atoms with Crippen molar-refractivity contribution in [2.75, 3.05) is 23.3 Å². The fraction of sp³-hybridized carbons (Fsp3) is 0.250. The molecule has 1 amide bonds. The van der Waals surface area contributed by atoms with Crippen LogP contribution >= 0.6 is 0 Å². The molecule has 0 saturated heterocycles. The van der Waals surface area contributed by atoms with Gasteiger partial charge in [-0.25, -0.2) is 9.97 Å². The molecule has 0 spiro atoms. The van der Waals surface area contributed by atoms with Gasteiger partial charge in [0.1, 0.15) is 0 Å². The van der Waals surface area contributed by atoms with Crippen molar-refractivity contribution < 1.29 is 4.79 Å². The maximum absolute atomic E-state index is 12.0. The number of nitrogens with one attached hydrogen (secondary N) is 1. The van der Waals surface area contributed by atoms with Gasteiger partial charge in [0.05, 0.1) is 24.1 Å². The van der Waals surface area contributed by atoms with Crippen LogP contribution in [0.2, 0.25) is 0 Å². The molecule has 6 nitrogen and oxygen atoms in total. The first kappa shape index (κ1) is 12.9. The lowest BCUT2D eigenvalue weighted by molar-refractivity contribution is -0.117. The number of hydrogen-bond donors (Lipinski definition) is 1. The first-order valence-electron chi connectivity index (χ1n) is 7.33. The predicted octanol–water partition coefficient (Wildman–Crippen LogP) is 1.89. The number of pyridine rings is 1. The Morgan fingerprint density at radius 2 is 2.23 bits per heavy atom.